The van der Waals surface area contributed by atoms with Crippen LogP contribution in [-0.4, -0.2) is 31.3 Å². The van der Waals surface area contributed by atoms with E-state index in [0.29, 0.717) is 12.8 Å². The molecule has 1 saturated carbocycles. The quantitative estimate of drug-likeness (QED) is 0.729. The minimum atomic E-state index is -3.30. The maximum Gasteiger partial charge on any atom is 0.307 e. The zero-order valence-corrected chi connectivity index (χ0v) is 9.59. The van der Waals surface area contributed by atoms with Crippen molar-refractivity contribution in [1.29, 1.82) is 0 Å². The van der Waals surface area contributed by atoms with Gasteiger partial charge in [-0.3, -0.25) is 4.79 Å². The summed E-state index contributed by atoms with van der Waals surface area (Å²) < 4.78 is 25.7. The first-order chi connectivity index (χ1) is 6.93. The van der Waals surface area contributed by atoms with Crippen molar-refractivity contribution in [3.8, 4) is 0 Å². The van der Waals surface area contributed by atoms with Crippen molar-refractivity contribution in [3.05, 3.63) is 0 Å². The molecular formula is C9H17NO4S. The summed E-state index contributed by atoms with van der Waals surface area (Å²) in [6.45, 7) is 1.47. The van der Waals surface area contributed by atoms with E-state index in [1.54, 1.807) is 0 Å². The number of carbonyl (C=O) groups is 1. The van der Waals surface area contributed by atoms with Crippen LogP contribution >= 0.6 is 0 Å². The van der Waals surface area contributed by atoms with Crippen LogP contribution in [0.1, 0.15) is 32.6 Å². The third-order valence-electron chi connectivity index (χ3n) is 2.75. The Kier molecular flexibility index (Phi) is 4.10. The van der Waals surface area contributed by atoms with Crippen LogP contribution in [0, 0.1) is 5.92 Å². The molecule has 0 radical (unpaired) electrons. The standard InChI is InChI=1S/C9H17NO4S/c1-7(9(11)12)6-10-15(13,14)8-4-2-3-5-8/h7-8,10H,2-6H2,1H3,(H,11,12). The van der Waals surface area contributed by atoms with Gasteiger partial charge in [0.25, 0.3) is 0 Å². The second-order valence-electron chi connectivity index (χ2n) is 4.04. The first-order valence-electron chi connectivity index (χ1n) is 5.15. The number of carboxylic acid groups (broad SMARTS) is 1. The molecule has 88 valence electrons. The Morgan fingerprint density at radius 2 is 2.00 bits per heavy atom. The molecule has 1 unspecified atom stereocenters. The first kappa shape index (κ1) is 12.4. The van der Waals surface area contributed by atoms with Gasteiger partial charge in [-0.2, -0.15) is 0 Å². The lowest BCUT2D eigenvalue weighted by Crippen LogP contribution is -2.37. The molecular weight excluding hydrogens is 218 g/mol. The lowest BCUT2D eigenvalue weighted by Gasteiger charge is -2.13. The SMILES string of the molecule is CC(CNS(=O)(=O)C1CCCC1)C(=O)O. The van der Waals surface area contributed by atoms with Crippen LogP contribution in [0.15, 0.2) is 0 Å². The Bertz CT molecular complexity index is 319. The van der Waals surface area contributed by atoms with E-state index in [-0.39, 0.29) is 11.8 Å². The van der Waals surface area contributed by atoms with E-state index < -0.39 is 21.9 Å². The molecule has 1 aliphatic carbocycles. The van der Waals surface area contributed by atoms with Crippen LogP contribution in [0.5, 0.6) is 0 Å². The van der Waals surface area contributed by atoms with Crippen molar-refractivity contribution >= 4 is 16.0 Å². The molecule has 1 fully saturated rings. The summed E-state index contributed by atoms with van der Waals surface area (Å²) >= 11 is 0. The normalized spacial score (nSPS) is 20.3. The van der Waals surface area contributed by atoms with Crippen LogP contribution in [0.3, 0.4) is 0 Å². The van der Waals surface area contributed by atoms with Gasteiger partial charge >= 0.3 is 5.97 Å². The molecule has 1 rings (SSSR count). The van der Waals surface area contributed by atoms with Crippen molar-refractivity contribution in [2.24, 2.45) is 5.92 Å². The number of rotatable bonds is 5. The van der Waals surface area contributed by atoms with E-state index in [4.69, 9.17) is 5.11 Å². The lowest BCUT2D eigenvalue weighted by molar-refractivity contribution is -0.140. The number of sulfonamides is 1. The third-order valence-corrected chi connectivity index (χ3v) is 4.67. The summed E-state index contributed by atoms with van der Waals surface area (Å²) in [5, 5.41) is 8.29. The fourth-order valence-corrected chi connectivity index (χ4v) is 3.32. The molecule has 15 heavy (non-hydrogen) atoms. The minimum absolute atomic E-state index is 0.0197. The second kappa shape index (κ2) is 4.94. The maximum absolute atomic E-state index is 11.7. The predicted octanol–water partition coefficient (Wildman–Crippen LogP) is 0.569. The molecule has 1 aliphatic rings. The average molecular weight is 235 g/mol. The van der Waals surface area contributed by atoms with Gasteiger partial charge in [0.2, 0.25) is 10.0 Å². The van der Waals surface area contributed by atoms with Crippen LogP contribution in [-0.2, 0) is 14.8 Å². The maximum atomic E-state index is 11.7. The Morgan fingerprint density at radius 3 is 2.47 bits per heavy atom. The molecule has 6 heteroatoms. The van der Waals surface area contributed by atoms with Crippen molar-refractivity contribution in [3.63, 3.8) is 0 Å². The van der Waals surface area contributed by atoms with Crippen LogP contribution in [0.4, 0.5) is 0 Å². The van der Waals surface area contributed by atoms with E-state index in [1.165, 1.54) is 6.92 Å². The van der Waals surface area contributed by atoms with E-state index in [0.717, 1.165) is 12.8 Å². The van der Waals surface area contributed by atoms with Gasteiger partial charge in [0.1, 0.15) is 0 Å². The summed E-state index contributed by atoms with van der Waals surface area (Å²) in [5.41, 5.74) is 0. The lowest BCUT2D eigenvalue weighted by atomic mass is 10.2. The van der Waals surface area contributed by atoms with E-state index >= 15 is 0 Å². The van der Waals surface area contributed by atoms with Gasteiger partial charge in [-0.15, -0.1) is 0 Å². The highest BCUT2D eigenvalue weighted by Gasteiger charge is 2.29. The van der Waals surface area contributed by atoms with Gasteiger partial charge in [-0.1, -0.05) is 19.8 Å². The fourth-order valence-electron chi connectivity index (χ4n) is 1.64. The van der Waals surface area contributed by atoms with Crippen LogP contribution in [0.25, 0.3) is 0 Å². The van der Waals surface area contributed by atoms with Gasteiger partial charge in [0.15, 0.2) is 0 Å². The summed E-state index contributed by atoms with van der Waals surface area (Å²) in [7, 11) is -3.30. The molecule has 0 amide bonds. The van der Waals surface area contributed by atoms with Crippen LogP contribution < -0.4 is 4.72 Å². The fraction of sp³-hybridized carbons (Fsp3) is 0.889. The van der Waals surface area contributed by atoms with Crippen molar-refractivity contribution in [1.82, 2.24) is 4.72 Å². The first-order valence-corrected chi connectivity index (χ1v) is 6.69. The monoisotopic (exact) mass is 235 g/mol. The number of hydrogen-bond acceptors (Lipinski definition) is 3. The van der Waals surface area contributed by atoms with Crippen molar-refractivity contribution in [2.45, 2.75) is 37.9 Å². The van der Waals surface area contributed by atoms with Gasteiger partial charge in [0, 0.05) is 6.54 Å². The molecule has 0 aromatic rings. The summed E-state index contributed by atoms with van der Waals surface area (Å²) in [6.07, 6.45) is 3.27. The number of nitrogens with one attached hydrogen (secondary N) is 1. The van der Waals surface area contributed by atoms with E-state index in [9.17, 15) is 13.2 Å². The predicted molar refractivity (Wildman–Crippen MR) is 56.0 cm³/mol. The molecule has 0 saturated heterocycles. The summed E-state index contributed by atoms with van der Waals surface area (Å²) in [6, 6.07) is 0. The topological polar surface area (TPSA) is 83.5 Å². The van der Waals surface area contributed by atoms with Crippen molar-refractivity contribution in [2.75, 3.05) is 6.54 Å². The molecule has 5 nitrogen and oxygen atoms in total. The van der Waals surface area contributed by atoms with E-state index in [2.05, 4.69) is 4.72 Å². The zero-order chi connectivity index (χ0) is 11.5. The van der Waals surface area contributed by atoms with Gasteiger partial charge in [0.05, 0.1) is 11.2 Å². The molecule has 0 aliphatic heterocycles. The molecule has 0 heterocycles. The second-order valence-corrected chi connectivity index (χ2v) is 6.08. The minimum Gasteiger partial charge on any atom is -0.481 e. The molecule has 2 N–H and O–H groups in total. The number of hydrogen-bond donors (Lipinski definition) is 2. The molecule has 1 atom stereocenters. The third kappa shape index (κ3) is 3.46. The largest absolute Gasteiger partial charge is 0.481 e. The van der Waals surface area contributed by atoms with Gasteiger partial charge in [-0.05, 0) is 12.8 Å². The molecule has 0 aromatic heterocycles. The Labute approximate surface area is 89.9 Å². The van der Waals surface area contributed by atoms with Crippen LogP contribution in [0.2, 0.25) is 0 Å². The Balaban J connectivity index is 2.46. The Hall–Kier alpha value is -0.620. The smallest absolute Gasteiger partial charge is 0.307 e. The van der Waals surface area contributed by atoms with Gasteiger partial charge in [-0.25, -0.2) is 13.1 Å². The highest BCUT2D eigenvalue weighted by atomic mass is 32.2. The number of carboxylic acids is 1. The van der Waals surface area contributed by atoms with E-state index in [1.807, 2.05) is 0 Å². The number of aliphatic carboxylic acids is 1. The highest BCUT2D eigenvalue weighted by molar-refractivity contribution is 7.90. The van der Waals surface area contributed by atoms with Crippen molar-refractivity contribution < 1.29 is 18.3 Å². The molecule has 0 aromatic carbocycles. The average Bonchev–Trinajstić information content (AvgIpc) is 2.67. The summed E-state index contributed by atoms with van der Waals surface area (Å²) in [5.74, 6) is -1.66. The van der Waals surface area contributed by atoms with Gasteiger partial charge < -0.3 is 5.11 Å². The zero-order valence-electron chi connectivity index (χ0n) is 8.77. The molecule has 0 spiro atoms. The Morgan fingerprint density at radius 1 is 1.47 bits per heavy atom. The summed E-state index contributed by atoms with van der Waals surface area (Å²) in [4.78, 5) is 10.5. The highest BCUT2D eigenvalue weighted by Crippen LogP contribution is 2.23. The molecule has 0 bridgehead atoms.